The third-order valence-electron chi connectivity index (χ3n) is 3.28. The lowest BCUT2D eigenvalue weighted by Gasteiger charge is -2.02. The van der Waals surface area contributed by atoms with Crippen LogP contribution in [-0.2, 0) is 0 Å². The first-order chi connectivity index (χ1) is 10.8. The Morgan fingerprint density at radius 2 is 2.23 bits per heavy atom. The molecule has 0 saturated heterocycles. The van der Waals surface area contributed by atoms with Crippen molar-refractivity contribution in [3.05, 3.63) is 29.5 Å². The molecule has 0 amide bonds. The minimum absolute atomic E-state index is 0.380. The molecule has 0 bridgehead atoms. The van der Waals surface area contributed by atoms with E-state index in [-0.39, 0.29) is 0 Å². The van der Waals surface area contributed by atoms with Crippen molar-refractivity contribution in [2.75, 3.05) is 7.11 Å². The van der Waals surface area contributed by atoms with E-state index in [9.17, 15) is 0 Å². The molecule has 0 fully saturated rings. The molecule has 4 rings (SSSR count). The Morgan fingerprint density at radius 1 is 1.32 bits per heavy atom. The van der Waals surface area contributed by atoms with Crippen molar-refractivity contribution in [1.29, 1.82) is 0 Å². The van der Waals surface area contributed by atoms with E-state index in [4.69, 9.17) is 9.26 Å². The van der Waals surface area contributed by atoms with Crippen LogP contribution in [0.25, 0.3) is 28.5 Å². The second-order valence-corrected chi connectivity index (χ2v) is 5.15. The highest BCUT2D eigenvalue weighted by atomic mass is 32.1. The molecule has 0 aliphatic rings. The lowest BCUT2D eigenvalue weighted by molar-refractivity contribution is 0.402. The predicted molar refractivity (Wildman–Crippen MR) is 78.7 cm³/mol. The van der Waals surface area contributed by atoms with Crippen LogP contribution < -0.4 is 4.74 Å². The van der Waals surface area contributed by atoms with Gasteiger partial charge in [0.1, 0.15) is 0 Å². The van der Waals surface area contributed by atoms with Crippen molar-refractivity contribution >= 4 is 17.2 Å². The summed E-state index contributed by atoms with van der Waals surface area (Å²) < 4.78 is 16.4. The van der Waals surface area contributed by atoms with Crippen molar-refractivity contribution in [2.24, 2.45) is 0 Å². The fraction of sp³-hybridized carbons (Fsp3) is 0.154. The molecular formula is C13H10N6O2S. The molecule has 9 heteroatoms. The van der Waals surface area contributed by atoms with Crippen LogP contribution in [0.3, 0.4) is 0 Å². The van der Waals surface area contributed by atoms with Crippen molar-refractivity contribution in [1.82, 2.24) is 29.1 Å². The molecule has 0 spiro atoms. The summed E-state index contributed by atoms with van der Waals surface area (Å²) in [7, 11) is 1.55. The highest BCUT2D eigenvalue weighted by Crippen LogP contribution is 2.30. The molecule has 4 heterocycles. The van der Waals surface area contributed by atoms with E-state index < -0.39 is 0 Å². The van der Waals surface area contributed by atoms with E-state index >= 15 is 0 Å². The first-order valence-electron chi connectivity index (χ1n) is 6.40. The van der Waals surface area contributed by atoms with Gasteiger partial charge >= 0.3 is 0 Å². The van der Waals surface area contributed by atoms with Gasteiger partial charge in [0.25, 0.3) is 5.89 Å². The summed E-state index contributed by atoms with van der Waals surface area (Å²) in [6.07, 6.45) is 3.40. The van der Waals surface area contributed by atoms with Crippen molar-refractivity contribution in [3.63, 3.8) is 0 Å². The molecule has 0 radical (unpaired) electrons. The Labute approximate surface area is 128 Å². The van der Waals surface area contributed by atoms with Gasteiger partial charge in [0.05, 0.1) is 30.1 Å². The van der Waals surface area contributed by atoms with Crippen LogP contribution in [0.2, 0.25) is 0 Å². The number of ether oxygens (including phenoxy) is 1. The maximum absolute atomic E-state index is 5.36. The number of nitrogens with zero attached hydrogens (tertiary/aromatic N) is 6. The quantitative estimate of drug-likeness (QED) is 0.572. The Kier molecular flexibility index (Phi) is 2.86. The summed E-state index contributed by atoms with van der Waals surface area (Å²) in [6.45, 7) is 1.92. The number of hydrogen-bond donors (Lipinski definition) is 0. The van der Waals surface area contributed by atoms with Gasteiger partial charge in [-0.2, -0.15) is 14.5 Å². The first-order valence-corrected chi connectivity index (χ1v) is 7.23. The van der Waals surface area contributed by atoms with E-state index in [2.05, 4.69) is 24.6 Å². The van der Waals surface area contributed by atoms with E-state index in [1.807, 2.05) is 18.4 Å². The van der Waals surface area contributed by atoms with Gasteiger partial charge in [0.2, 0.25) is 11.7 Å². The van der Waals surface area contributed by atoms with Crippen molar-refractivity contribution < 1.29 is 9.26 Å². The molecule has 0 aliphatic heterocycles. The van der Waals surface area contributed by atoms with Gasteiger partial charge in [-0.05, 0) is 18.5 Å². The van der Waals surface area contributed by atoms with Gasteiger partial charge in [-0.3, -0.25) is 0 Å². The van der Waals surface area contributed by atoms with E-state index in [1.54, 1.807) is 24.0 Å². The Balaban J connectivity index is 1.81. The third kappa shape index (κ3) is 1.86. The smallest absolute Gasteiger partial charge is 0.261 e. The van der Waals surface area contributed by atoms with Gasteiger partial charge < -0.3 is 9.26 Å². The van der Waals surface area contributed by atoms with E-state index in [0.29, 0.717) is 23.2 Å². The number of aryl methyl sites for hydroxylation is 1. The molecule has 0 unspecified atom stereocenters. The molecule has 110 valence electrons. The third-order valence-corrected chi connectivity index (χ3v) is 3.90. The van der Waals surface area contributed by atoms with Crippen LogP contribution in [0.15, 0.2) is 28.4 Å². The predicted octanol–water partition coefficient (Wildman–Crippen LogP) is 2.22. The molecule has 0 aromatic carbocycles. The number of hydrogen-bond acceptors (Lipinski definition) is 8. The summed E-state index contributed by atoms with van der Waals surface area (Å²) in [4.78, 5) is 8.73. The van der Waals surface area contributed by atoms with Gasteiger partial charge in [-0.1, -0.05) is 5.16 Å². The molecule has 0 saturated carbocycles. The monoisotopic (exact) mass is 314 g/mol. The summed E-state index contributed by atoms with van der Waals surface area (Å²) >= 11 is 1.27. The first kappa shape index (κ1) is 12.9. The molecule has 0 aliphatic carbocycles. The summed E-state index contributed by atoms with van der Waals surface area (Å²) in [5.74, 6) is 1.29. The van der Waals surface area contributed by atoms with Crippen LogP contribution in [0.5, 0.6) is 5.88 Å². The standard InChI is InChI=1S/C13H10N6O2S/c1-7-8(5-14-10-3-4-15-19(7)10)12-16-11(17-21-12)9-6-22-18-13(9)20-2/h3-6H,1-2H3. The highest BCUT2D eigenvalue weighted by Gasteiger charge is 2.18. The molecule has 22 heavy (non-hydrogen) atoms. The molecule has 0 atom stereocenters. The average Bonchev–Trinajstić information content (AvgIpc) is 3.26. The summed E-state index contributed by atoms with van der Waals surface area (Å²) in [5, 5.41) is 10.0. The number of fused-ring (bicyclic) bond motifs is 1. The molecule has 4 aromatic rings. The topological polar surface area (TPSA) is 91.2 Å². The van der Waals surface area contributed by atoms with Crippen LogP contribution in [-0.4, -0.2) is 36.2 Å². The van der Waals surface area contributed by atoms with E-state index in [1.165, 1.54) is 11.5 Å². The van der Waals surface area contributed by atoms with Crippen LogP contribution >= 0.6 is 11.5 Å². The van der Waals surface area contributed by atoms with Gasteiger partial charge in [-0.25, -0.2) is 9.50 Å². The SMILES string of the molecule is COc1nscc1-c1noc(-c2cnc3ccnn3c2C)n1. The zero-order valence-corrected chi connectivity index (χ0v) is 12.5. The average molecular weight is 314 g/mol. The van der Waals surface area contributed by atoms with Crippen molar-refractivity contribution in [2.45, 2.75) is 6.92 Å². The normalized spacial score (nSPS) is 11.2. The lowest BCUT2D eigenvalue weighted by Crippen LogP contribution is -1.98. The molecular weight excluding hydrogens is 304 g/mol. The van der Waals surface area contributed by atoms with Crippen molar-refractivity contribution in [3.8, 4) is 28.7 Å². The van der Waals surface area contributed by atoms with Crippen LogP contribution in [0.1, 0.15) is 5.69 Å². The Bertz CT molecular complexity index is 956. The minimum Gasteiger partial charge on any atom is -0.480 e. The Morgan fingerprint density at radius 3 is 3.09 bits per heavy atom. The van der Waals surface area contributed by atoms with E-state index in [0.717, 1.165) is 16.9 Å². The van der Waals surface area contributed by atoms with Gasteiger partial charge in [-0.15, -0.1) is 0 Å². The van der Waals surface area contributed by atoms with Gasteiger partial charge in [0.15, 0.2) is 5.65 Å². The zero-order valence-electron chi connectivity index (χ0n) is 11.7. The second-order valence-electron chi connectivity index (χ2n) is 4.52. The van der Waals surface area contributed by atoms with Crippen LogP contribution in [0.4, 0.5) is 0 Å². The van der Waals surface area contributed by atoms with Gasteiger partial charge in [0, 0.05) is 17.6 Å². The molecule has 8 nitrogen and oxygen atoms in total. The fourth-order valence-electron chi connectivity index (χ4n) is 2.17. The minimum atomic E-state index is 0.380. The molecule has 0 N–H and O–H groups in total. The number of rotatable bonds is 3. The maximum atomic E-state index is 5.36. The largest absolute Gasteiger partial charge is 0.480 e. The zero-order chi connectivity index (χ0) is 15.1. The molecule has 4 aromatic heterocycles. The number of methoxy groups -OCH3 is 1. The fourth-order valence-corrected chi connectivity index (χ4v) is 2.80. The van der Waals surface area contributed by atoms with Crippen LogP contribution in [0, 0.1) is 6.92 Å². The highest BCUT2D eigenvalue weighted by molar-refractivity contribution is 7.04. The lowest BCUT2D eigenvalue weighted by atomic mass is 10.2. The summed E-state index contributed by atoms with van der Waals surface area (Å²) in [5.41, 5.74) is 3.08. The number of aromatic nitrogens is 6. The summed E-state index contributed by atoms with van der Waals surface area (Å²) in [6, 6.07) is 1.83. The Hall–Kier alpha value is -2.81. The second kappa shape index (κ2) is 4.88. The maximum Gasteiger partial charge on any atom is 0.261 e.